The van der Waals surface area contributed by atoms with Gasteiger partial charge in [-0.3, -0.25) is 4.79 Å². The number of benzene rings is 1. The van der Waals surface area contributed by atoms with E-state index in [0.29, 0.717) is 23.8 Å². The topological polar surface area (TPSA) is 45.2 Å². The molecule has 0 spiro atoms. The lowest BCUT2D eigenvalue weighted by Crippen LogP contribution is -2.62. The van der Waals surface area contributed by atoms with Gasteiger partial charge in [-0.15, -0.1) is 0 Å². The average molecular weight is 376 g/mol. The van der Waals surface area contributed by atoms with Crippen molar-refractivity contribution in [3.8, 4) is 0 Å². The highest BCUT2D eigenvalue weighted by Gasteiger charge is 2.60. The lowest BCUT2D eigenvalue weighted by Gasteiger charge is -2.53. The molecule has 1 saturated carbocycles. The Morgan fingerprint density at radius 2 is 2.00 bits per heavy atom. The van der Waals surface area contributed by atoms with Gasteiger partial charge in [-0.2, -0.15) is 0 Å². The molecule has 0 radical (unpaired) electrons. The zero-order valence-corrected chi connectivity index (χ0v) is 16.8. The van der Waals surface area contributed by atoms with Gasteiger partial charge in [-0.25, -0.2) is 4.98 Å². The highest BCUT2D eigenvalue weighted by Crippen LogP contribution is 2.52. The number of pyridine rings is 1. The van der Waals surface area contributed by atoms with Crippen LogP contribution < -0.4 is 5.32 Å². The SMILES string of the molecule is Cc1cccc(C(=O)N2[C@@H](Cc3ccccc3)[C@@H]3C[C@@]4(C)[C@H](CCC[C@@H]24)N3)n1. The molecule has 1 aliphatic carbocycles. The normalized spacial score (nSPS) is 33.7. The smallest absolute Gasteiger partial charge is 0.273 e. The monoisotopic (exact) mass is 375 g/mol. The van der Waals surface area contributed by atoms with Crippen molar-refractivity contribution in [1.29, 1.82) is 0 Å². The molecule has 3 heterocycles. The fourth-order valence-electron chi connectivity index (χ4n) is 6.06. The summed E-state index contributed by atoms with van der Waals surface area (Å²) >= 11 is 0. The molecule has 1 aromatic carbocycles. The molecule has 2 saturated heterocycles. The number of rotatable bonds is 3. The van der Waals surface area contributed by atoms with Gasteiger partial charge in [0.15, 0.2) is 0 Å². The van der Waals surface area contributed by atoms with Crippen molar-refractivity contribution in [1.82, 2.24) is 15.2 Å². The van der Waals surface area contributed by atoms with Gasteiger partial charge >= 0.3 is 0 Å². The molecule has 5 atom stereocenters. The molecule has 2 aliphatic heterocycles. The van der Waals surface area contributed by atoms with E-state index in [0.717, 1.165) is 18.5 Å². The van der Waals surface area contributed by atoms with E-state index >= 15 is 0 Å². The van der Waals surface area contributed by atoms with E-state index < -0.39 is 0 Å². The lowest BCUT2D eigenvalue weighted by molar-refractivity contribution is -0.0115. The first kappa shape index (κ1) is 17.9. The van der Waals surface area contributed by atoms with Gasteiger partial charge in [0.1, 0.15) is 5.69 Å². The van der Waals surface area contributed by atoms with Gasteiger partial charge in [-0.05, 0) is 56.7 Å². The number of amides is 1. The average Bonchev–Trinajstić information content (AvgIpc) is 3.05. The maximum absolute atomic E-state index is 13.7. The third-order valence-electron chi connectivity index (χ3n) is 7.39. The zero-order chi connectivity index (χ0) is 19.3. The highest BCUT2D eigenvalue weighted by molar-refractivity contribution is 5.93. The van der Waals surface area contributed by atoms with E-state index in [4.69, 9.17) is 0 Å². The molecule has 1 aromatic heterocycles. The van der Waals surface area contributed by atoms with Crippen molar-refractivity contribution in [2.45, 2.75) is 70.1 Å². The largest absolute Gasteiger partial charge is 0.329 e. The van der Waals surface area contributed by atoms with E-state index in [2.05, 4.69) is 52.5 Å². The summed E-state index contributed by atoms with van der Waals surface area (Å²) in [6, 6.07) is 17.7. The Morgan fingerprint density at radius 3 is 2.79 bits per heavy atom. The maximum atomic E-state index is 13.7. The summed E-state index contributed by atoms with van der Waals surface area (Å²) in [7, 11) is 0. The maximum Gasteiger partial charge on any atom is 0.273 e. The minimum Gasteiger partial charge on any atom is -0.329 e. The number of hydrogen-bond donors (Lipinski definition) is 1. The van der Waals surface area contributed by atoms with Gasteiger partial charge in [-0.1, -0.05) is 43.3 Å². The number of nitrogens with zero attached hydrogens (tertiary/aromatic N) is 2. The van der Waals surface area contributed by atoms with Crippen LogP contribution in [0.15, 0.2) is 48.5 Å². The van der Waals surface area contributed by atoms with Crippen LogP contribution in [0, 0.1) is 12.3 Å². The van der Waals surface area contributed by atoms with Crippen molar-refractivity contribution in [2.75, 3.05) is 0 Å². The van der Waals surface area contributed by atoms with Crippen LogP contribution in [0.25, 0.3) is 0 Å². The van der Waals surface area contributed by atoms with Crippen molar-refractivity contribution in [2.24, 2.45) is 5.41 Å². The first-order chi connectivity index (χ1) is 13.6. The van der Waals surface area contributed by atoms with Crippen molar-refractivity contribution in [3.63, 3.8) is 0 Å². The Labute approximate surface area is 167 Å². The summed E-state index contributed by atoms with van der Waals surface area (Å²) in [5, 5.41) is 3.93. The number of piperidine rings is 1. The van der Waals surface area contributed by atoms with Gasteiger partial charge in [0.25, 0.3) is 5.91 Å². The number of hydrogen-bond acceptors (Lipinski definition) is 3. The van der Waals surface area contributed by atoms with Crippen LogP contribution in [0.2, 0.25) is 0 Å². The Bertz CT molecular complexity index is 882. The second-order valence-electron chi connectivity index (χ2n) is 9.12. The molecule has 2 aromatic rings. The molecule has 0 unspecified atom stereocenters. The summed E-state index contributed by atoms with van der Waals surface area (Å²) in [4.78, 5) is 20.6. The number of likely N-dealkylation sites (tertiary alicyclic amines) is 1. The predicted octanol–water partition coefficient (Wildman–Crippen LogP) is 3.75. The highest BCUT2D eigenvalue weighted by atomic mass is 16.2. The fourth-order valence-corrected chi connectivity index (χ4v) is 6.06. The number of aryl methyl sites for hydroxylation is 1. The molecular weight excluding hydrogens is 346 g/mol. The van der Waals surface area contributed by atoms with Gasteiger partial charge in [0.2, 0.25) is 0 Å². The van der Waals surface area contributed by atoms with Crippen LogP contribution in [-0.4, -0.2) is 40.0 Å². The zero-order valence-electron chi connectivity index (χ0n) is 16.8. The van der Waals surface area contributed by atoms with E-state index in [1.54, 1.807) is 0 Å². The summed E-state index contributed by atoms with van der Waals surface area (Å²) < 4.78 is 0. The second-order valence-corrected chi connectivity index (χ2v) is 9.12. The molecule has 2 bridgehead atoms. The molecular formula is C24H29N3O. The van der Waals surface area contributed by atoms with Crippen LogP contribution in [0.5, 0.6) is 0 Å². The molecule has 1 amide bonds. The molecule has 28 heavy (non-hydrogen) atoms. The van der Waals surface area contributed by atoms with E-state index in [1.807, 2.05) is 25.1 Å². The molecule has 146 valence electrons. The number of carbonyl (C=O) groups excluding carboxylic acids is 1. The number of aromatic nitrogens is 1. The molecule has 4 nitrogen and oxygen atoms in total. The minimum absolute atomic E-state index is 0.106. The first-order valence-corrected chi connectivity index (χ1v) is 10.6. The Kier molecular flexibility index (Phi) is 4.27. The quantitative estimate of drug-likeness (QED) is 0.889. The predicted molar refractivity (Wildman–Crippen MR) is 110 cm³/mol. The Morgan fingerprint density at radius 1 is 1.18 bits per heavy atom. The van der Waals surface area contributed by atoms with Crippen LogP contribution in [0.4, 0.5) is 0 Å². The summed E-state index contributed by atoms with van der Waals surface area (Å²) in [5.74, 6) is 0.106. The summed E-state index contributed by atoms with van der Waals surface area (Å²) in [6.07, 6.45) is 5.59. The van der Waals surface area contributed by atoms with E-state index in [1.165, 1.54) is 24.8 Å². The van der Waals surface area contributed by atoms with Crippen LogP contribution in [0.3, 0.4) is 0 Å². The molecule has 3 fully saturated rings. The Hall–Kier alpha value is -2.20. The third kappa shape index (κ3) is 2.77. The second kappa shape index (κ2) is 6.70. The molecule has 3 aliphatic rings. The van der Waals surface area contributed by atoms with Crippen molar-refractivity contribution < 1.29 is 4.79 Å². The lowest BCUT2D eigenvalue weighted by atomic mass is 9.64. The molecule has 4 heteroatoms. The van der Waals surface area contributed by atoms with Crippen molar-refractivity contribution >= 4 is 5.91 Å². The van der Waals surface area contributed by atoms with Gasteiger partial charge in [0.05, 0.1) is 6.04 Å². The molecule has 1 N–H and O–H groups in total. The summed E-state index contributed by atoms with van der Waals surface area (Å²) in [5.41, 5.74) is 2.96. The number of nitrogens with one attached hydrogen (secondary N) is 1. The standard InChI is InChI=1S/C24H29N3O/c1-16-8-6-11-18(25-16)23(28)27-20(14-17-9-4-3-5-10-17)19-15-24(2)21(26-19)12-7-13-22(24)27/h3-6,8-11,19-22,26H,7,12-15H2,1-2H3/t19-,20-,21-,22+,24-/m0/s1. The first-order valence-electron chi connectivity index (χ1n) is 10.6. The van der Waals surface area contributed by atoms with E-state index in [9.17, 15) is 4.79 Å². The molecule has 5 rings (SSSR count). The van der Waals surface area contributed by atoms with Gasteiger partial charge in [0, 0.05) is 29.2 Å². The number of carbonyl (C=O) groups is 1. The fraction of sp³-hybridized carbons (Fsp3) is 0.500. The van der Waals surface area contributed by atoms with E-state index in [-0.39, 0.29) is 17.4 Å². The number of fused-ring (bicyclic) bond motifs is 1. The van der Waals surface area contributed by atoms with Crippen LogP contribution in [-0.2, 0) is 6.42 Å². The van der Waals surface area contributed by atoms with Crippen LogP contribution >= 0.6 is 0 Å². The summed E-state index contributed by atoms with van der Waals surface area (Å²) in [6.45, 7) is 4.36. The minimum atomic E-state index is 0.106. The third-order valence-corrected chi connectivity index (χ3v) is 7.39. The van der Waals surface area contributed by atoms with Crippen LogP contribution in [0.1, 0.15) is 54.4 Å². The van der Waals surface area contributed by atoms with Gasteiger partial charge < -0.3 is 10.2 Å². The Balaban J connectivity index is 1.56. The van der Waals surface area contributed by atoms with Crippen molar-refractivity contribution in [3.05, 3.63) is 65.5 Å².